The third kappa shape index (κ3) is 4.82. The van der Waals surface area contributed by atoms with Crippen molar-refractivity contribution in [1.29, 1.82) is 0 Å². The first-order chi connectivity index (χ1) is 10.6. The molecule has 0 atom stereocenters. The molecule has 0 N–H and O–H groups in total. The Kier molecular flexibility index (Phi) is 5.21. The van der Waals surface area contributed by atoms with Crippen LogP contribution in [0, 0.1) is 13.8 Å². The molecular weight excluding hydrogens is 320 g/mol. The molecule has 23 heavy (non-hydrogen) atoms. The number of rotatable bonds is 4. The Balaban J connectivity index is 2.11. The quantitative estimate of drug-likeness (QED) is 0.531. The molecule has 124 valence electrons. The molecule has 5 heteroatoms. The lowest BCUT2D eigenvalue weighted by molar-refractivity contribution is 0.492. The summed E-state index contributed by atoms with van der Waals surface area (Å²) in [5, 5.41) is 0.994. The van der Waals surface area contributed by atoms with Crippen molar-refractivity contribution in [2.45, 2.75) is 62.8 Å². The zero-order valence-electron chi connectivity index (χ0n) is 15.1. The van der Waals surface area contributed by atoms with E-state index in [0.717, 1.165) is 27.2 Å². The molecule has 1 heterocycles. The van der Waals surface area contributed by atoms with Crippen LogP contribution in [-0.4, -0.2) is 18.3 Å². The molecule has 0 fully saturated rings. The van der Waals surface area contributed by atoms with E-state index in [4.69, 9.17) is 4.43 Å². The predicted octanol–water partition coefficient (Wildman–Crippen LogP) is 5.63. The fourth-order valence-electron chi connectivity index (χ4n) is 1.87. The molecule has 0 unspecified atom stereocenters. The fraction of sp³-hybridized carbons (Fsp3) is 0.444. The average molecular weight is 347 g/mol. The number of hydrogen-bond donors (Lipinski definition) is 0. The second-order valence-corrected chi connectivity index (χ2v) is 13.1. The van der Waals surface area contributed by atoms with Crippen LogP contribution in [-0.2, 0) is 0 Å². The Bertz CT molecular complexity index is 658. The summed E-state index contributed by atoms with van der Waals surface area (Å²) in [5.41, 5.74) is 2.00. The summed E-state index contributed by atoms with van der Waals surface area (Å²) in [7, 11) is -1.78. The summed E-state index contributed by atoms with van der Waals surface area (Å²) in [6.07, 6.45) is 0. The molecule has 0 saturated heterocycles. The minimum absolute atomic E-state index is 0.202. The lowest BCUT2D eigenvalue weighted by Gasteiger charge is -2.36. The summed E-state index contributed by atoms with van der Waals surface area (Å²) in [6, 6.07) is 10.2. The zero-order valence-corrected chi connectivity index (χ0v) is 16.9. The molecule has 0 spiro atoms. The number of hydrogen-bond acceptors (Lipinski definition) is 4. The van der Waals surface area contributed by atoms with E-state index >= 15 is 0 Å². The minimum Gasteiger partial charge on any atom is -0.544 e. The van der Waals surface area contributed by atoms with Gasteiger partial charge < -0.3 is 4.43 Å². The van der Waals surface area contributed by atoms with Crippen molar-refractivity contribution < 1.29 is 4.43 Å². The van der Waals surface area contributed by atoms with E-state index in [2.05, 4.69) is 56.0 Å². The summed E-state index contributed by atoms with van der Waals surface area (Å²) >= 11 is 1.58. The van der Waals surface area contributed by atoms with Crippen molar-refractivity contribution in [3.8, 4) is 5.75 Å². The number of nitrogens with zero attached hydrogens (tertiary/aromatic N) is 2. The van der Waals surface area contributed by atoms with Gasteiger partial charge in [-0.15, -0.1) is 0 Å². The zero-order chi connectivity index (χ0) is 17.3. The molecule has 2 aromatic rings. The normalized spacial score (nSPS) is 12.3. The van der Waals surface area contributed by atoms with Crippen LogP contribution in [0.5, 0.6) is 5.75 Å². The molecule has 0 radical (unpaired) electrons. The van der Waals surface area contributed by atoms with Crippen LogP contribution in [0.1, 0.15) is 32.2 Å². The van der Waals surface area contributed by atoms with Crippen molar-refractivity contribution in [3.63, 3.8) is 0 Å². The van der Waals surface area contributed by atoms with Crippen molar-refractivity contribution in [1.82, 2.24) is 9.97 Å². The maximum absolute atomic E-state index is 6.31. The fourth-order valence-corrected chi connectivity index (χ4v) is 3.76. The molecule has 0 aliphatic heterocycles. The van der Waals surface area contributed by atoms with E-state index in [1.807, 2.05) is 32.0 Å². The predicted molar refractivity (Wildman–Crippen MR) is 99.9 cm³/mol. The summed E-state index contributed by atoms with van der Waals surface area (Å²) in [5.74, 6) is 0.947. The van der Waals surface area contributed by atoms with Crippen LogP contribution in [0.2, 0.25) is 18.1 Å². The van der Waals surface area contributed by atoms with Crippen LogP contribution in [0.25, 0.3) is 0 Å². The molecule has 0 amide bonds. The third-order valence-corrected chi connectivity index (χ3v) is 9.41. The smallest absolute Gasteiger partial charge is 0.250 e. The van der Waals surface area contributed by atoms with Gasteiger partial charge >= 0.3 is 0 Å². The third-order valence-electron chi connectivity index (χ3n) is 4.17. The number of benzene rings is 1. The molecule has 0 bridgehead atoms. The van der Waals surface area contributed by atoms with Crippen LogP contribution < -0.4 is 4.43 Å². The van der Waals surface area contributed by atoms with Crippen molar-refractivity contribution in [2.75, 3.05) is 0 Å². The van der Waals surface area contributed by atoms with E-state index in [9.17, 15) is 0 Å². The van der Waals surface area contributed by atoms with E-state index in [-0.39, 0.29) is 5.04 Å². The largest absolute Gasteiger partial charge is 0.544 e. The van der Waals surface area contributed by atoms with E-state index in [0.29, 0.717) is 0 Å². The van der Waals surface area contributed by atoms with Crippen LogP contribution >= 0.6 is 11.8 Å². The van der Waals surface area contributed by atoms with Gasteiger partial charge in [0, 0.05) is 16.3 Å². The van der Waals surface area contributed by atoms with Gasteiger partial charge in [-0.05, 0) is 74.1 Å². The van der Waals surface area contributed by atoms with Gasteiger partial charge in [0.15, 0.2) is 5.16 Å². The maximum atomic E-state index is 6.31. The van der Waals surface area contributed by atoms with Crippen molar-refractivity contribution in [3.05, 3.63) is 41.7 Å². The van der Waals surface area contributed by atoms with E-state index < -0.39 is 8.32 Å². The number of aromatic nitrogens is 2. The first-order valence-electron chi connectivity index (χ1n) is 7.86. The van der Waals surface area contributed by atoms with Gasteiger partial charge in [0.2, 0.25) is 8.32 Å². The Hall–Kier alpha value is -1.33. The van der Waals surface area contributed by atoms with Crippen molar-refractivity contribution in [2.24, 2.45) is 0 Å². The van der Waals surface area contributed by atoms with Gasteiger partial charge in [0.1, 0.15) is 5.75 Å². The van der Waals surface area contributed by atoms with Gasteiger partial charge in [-0.25, -0.2) is 9.97 Å². The standard InChI is InChI=1S/C18H26N2OSSi/c1-13-12-14(2)20-17(19-13)22-16-10-8-15(9-11-16)21-23(6,7)18(3,4)5/h8-12H,1-7H3. The number of aryl methyl sites for hydroxylation is 2. The van der Waals surface area contributed by atoms with Gasteiger partial charge in [0.05, 0.1) is 0 Å². The van der Waals surface area contributed by atoms with Gasteiger partial charge in [-0.3, -0.25) is 0 Å². The van der Waals surface area contributed by atoms with Gasteiger partial charge in [-0.1, -0.05) is 20.8 Å². The monoisotopic (exact) mass is 346 g/mol. The molecular formula is C18H26N2OSSi. The summed E-state index contributed by atoms with van der Waals surface area (Å²) in [6.45, 7) is 15.3. The Morgan fingerprint density at radius 3 is 1.96 bits per heavy atom. The first kappa shape index (κ1) is 18.0. The Morgan fingerprint density at radius 2 is 1.48 bits per heavy atom. The SMILES string of the molecule is Cc1cc(C)nc(Sc2ccc(O[Si](C)(C)C(C)(C)C)cc2)n1. The second-order valence-electron chi connectivity index (χ2n) is 7.37. The minimum atomic E-state index is -1.78. The lowest BCUT2D eigenvalue weighted by atomic mass is 10.2. The molecule has 0 saturated carbocycles. The molecule has 1 aromatic carbocycles. The lowest BCUT2D eigenvalue weighted by Crippen LogP contribution is -2.43. The van der Waals surface area contributed by atoms with Crippen LogP contribution in [0.4, 0.5) is 0 Å². The highest BCUT2D eigenvalue weighted by Crippen LogP contribution is 2.37. The van der Waals surface area contributed by atoms with Gasteiger partial charge in [-0.2, -0.15) is 0 Å². The van der Waals surface area contributed by atoms with Crippen LogP contribution in [0.15, 0.2) is 40.4 Å². The van der Waals surface area contributed by atoms with Crippen molar-refractivity contribution >= 4 is 20.1 Å². The van der Waals surface area contributed by atoms with E-state index in [1.165, 1.54) is 0 Å². The Morgan fingerprint density at radius 1 is 0.957 bits per heavy atom. The molecule has 1 aromatic heterocycles. The molecule has 0 aliphatic carbocycles. The maximum Gasteiger partial charge on any atom is 0.250 e. The Labute approximate surface area is 145 Å². The summed E-state index contributed by atoms with van der Waals surface area (Å²) < 4.78 is 6.31. The van der Waals surface area contributed by atoms with E-state index in [1.54, 1.807) is 11.8 Å². The summed E-state index contributed by atoms with van der Waals surface area (Å²) in [4.78, 5) is 10.1. The van der Waals surface area contributed by atoms with Crippen LogP contribution in [0.3, 0.4) is 0 Å². The second kappa shape index (κ2) is 6.65. The van der Waals surface area contributed by atoms with Gasteiger partial charge in [0.25, 0.3) is 0 Å². The topological polar surface area (TPSA) is 35.0 Å². The first-order valence-corrected chi connectivity index (χ1v) is 11.6. The highest BCUT2D eigenvalue weighted by molar-refractivity contribution is 7.99. The molecule has 0 aliphatic rings. The molecule has 3 nitrogen and oxygen atoms in total. The highest BCUT2D eigenvalue weighted by Gasteiger charge is 2.38. The average Bonchev–Trinajstić information content (AvgIpc) is 2.38. The molecule has 2 rings (SSSR count). The highest BCUT2D eigenvalue weighted by atomic mass is 32.2.